The molecule has 3 heterocycles. The lowest BCUT2D eigenvalue weighted by molar-refractivity contribution is 0.356. The minimum absolute atomic E-state index is 0.125. The predicted octanol–water partition coefficient (Wildman–Crippen LogP) is 3.80. The summed E-state index contributed by atoms with van der Waals surface area (Å²) in [6.07, 6.45) is 0. The van der Waals surface area contributed by atoms with Gasteiger partial charge < -0.3 is 9.84 Å². The molecule has 4 rings (SSSR count). The van der Waals surface area contributed by atoms with Crippen LogP contribution in [0.5, 0.6) is 0 Å². The van der Waals surface area contributed by atoms with Crippen LogP contribution in [0, 0.1) is 0 Å². The zero-order chi connectivity index (χ0) is 14.2. The van der Waals surface area contributed by atoms with Crippen LogP contribution < -0.4 is 5.32 Å². The minimum Gasteiger partial charge on any atom is -0.338 e. The Balaban J connectivity index is 1.71. The highest BCUT2D eigenvalue weighted by atomic mass is 79.9. The Morgan fingerprint density at radius 2 is 2.14 bits per heavy atom. The van der Waals surface area contributed by atoms with Crippen molar-refractivity contribution in [1.82, 2.24) is 15.5 Å². The van der Waals surface area contributed by atoms with E-state index < -0.39 is 0 Å². The van der Waals surface area contributed by atoms with Gasteiger partial charge in [0, 0.05) is 13.1 Å². The first-order valence-electron chi connectivity index (χ1n) is 6.69. The van der Waals surface area contributed by atoms with Gasteiger partial charge in [0.05, 0.1) is 14.6 Å². The van der Waals surface area contributed by atoms with Crippen LogP contribution in [-0.4, -0.2) is 16.7 Å². The lowest BCUT2D eigenvalue weighted by atomic mass is 9.91. The number of nitrogens with one attached hydrogen (secondary N) is 1. The molecule has 0 radical (unpaired) electrons. The van der Waals surface area contributed by atoms with Crippen molar-refractivity contribution < 1.29 is 4.52 Å². The van der Waals surface area contributed by atoms with Crippen LogP contribution in [0.25, 0.3) is 10.7 Å². The predicted molar refractivity (Wildman–Crippen MR) is 85.3 cm³/mol. The molecule has 2 aromatic heterocycles. The largest absolute Gasteiger partial charge is 0.338 e. The first kappa shape index (κ1) is 13.2. The van der Waals surface area contributed by atoms with Gasteiger partial charge in [-0.3, -0.25) is 0 Å². The topological polar surface area (TPSA) is 51.0 Å². The number of thiophene rings is 1. The fourth-order valence-electron chi connectivity index (χ4n) is 2.63. The number of fused-ring (bicyclic) bond motifs is 1. The third-order valence-corrected chi connectivity index (χ3v) is 5.25. The van der Waals surface area contributed by atoms with E-state index in [0.717, 1.165) is 21.8 Å². The average molecular weight is 362 g/mol. The smallest absolute Gasteiger partial charge is 0.235 e. The van der Waals surface area contributed by atoms with Crippen molar-refractivity contribution in [3.8, 4) is 10.7 Å². The maximum absolute atomic E-state index is 5.51. The van der Waals surface area contributed by atoms with Gasteiger partial charge in [-0.15, -0.1) is 11.3 Å². The second-order valence-electron chi connectivity index (χ2n) is 4.94. The van der Waals surface area contributed by atoms with Gasteiger partial charge in [-0.2, -0.15) is 4.98 Å². The highest BCUT2D eigenvalue weighted by Gasteiger charge is 2.26. The summed E-state index contributed by atoms with van der Waals surface area (Å²) in [5.41, 5.74) is 2.58. The summed E-state index contributed by atoms with van der Waals surface area (Å²) in [7, 11) is 0. The van der Waals surface area contributed by atoms with Crippen LogP contribution in [0.2, 0.25) is 0 Å². The van der Waals surface area contributed by atoms with Crippen molar-refractivity contribution in [3.63, 3.8) is 0 Å². The van der Waals surface area contributed by atoms with E-state index in [2.05, 4.69) is 55.7 Å². The van der Waals surface area contributed by atoms with Gasteiger partial charge in [0.2, 0.25) is 11.7 Å². The molecule has 6 heteroatoms. The zero-order valence-electron chi connectivity index (χ0n) is 11.0. The lowest BCUT2D eigenvalue weighted by Gasteiger charge is -2.23. The van der Waals surface area contributed by atoms with Gasteiger partial charge in [-0.1, -0.05) is 29.4 Å². The summed E-state index contributed by atoms with van der Waals surface area (Å²) in [5.74, 6) is 1.46. The summed E-state index contributed by atoms with van der Waals surface area (Å²) >= 11 is 5.06. The van der Waals surface area contributed by atoms with Crippen LogP contribution in [0.15, 0.2) is 44.7 Å². The molecular weight excluding hydrogens is 350 g/mol. The molecule has 3 aromatic rings. The van der Waals surface area contributed by atoms with E-state index in [1.54, 1.807) is 11.3 Å². The number of hydrogen-bond acceptors (Lipinski definition) is 5. The van der Waals surface area contributed by atoms with Gasteiger partial charge in [-0.25, -0.2) is 0 Å². The molecule has 0 saturated carbocycles. The molecule has 1 unspecified atom stereocenters. The van der Waals surface area contributed by atoms with Gasteiger partial charge in [0.1, 0.15) is 0 Å². The zero-order valence-corrected chi connectivity index (χ0v) is 13.4. The van der Waals surface area contributed by atoms with Crippen LogP contribution in [0.3, 0.4) is 0 Å². The van der Waals surface area contributed by atoms with E-state index in [9.17, 15) is 0 Å². The highest BCUT2D eigenvalue weighted by Crippen LogP contribution is 2.33. The summed E-state index contributed by atoms with van der Waals surface area (Å²) in [4.78, 5) is 5.60. The van der Waals surface area contributed by atoms with Crippen LogP contribution in [-0.2, 0) is 6.54 Å². The van der Waals surface area contributed by atoms with Crippen molar-refractivity contribution in [2.75, 3.05) is 6.54 Å². The summed E-state index contributed by atoms with van der Waals surface area (Å²) in [6.45, 7) is 1.72. The van der Waals surface area contributed by atoms with E-state index in [0.29, 0.717) is 11.7 Å². The maximum atomic E-state index is 5.51. The molecule has 0 bridgehead atoms. The number of nitrogens with zero attached hydrogens (tertiary/aromatic N) is 2. The maximum Gasteiger partial charge on any atom is 0.235 e. The minimum atomic E-state index is 0.125. The summed E-state index contributed by atoms with van der Waals surface area (Å²) < 4.78 is 6.58. The van der Waals surface area contributed by atoms with Crippen molar-refractivity contribution in [2.24, 2.45) is 0 Å². The molecule has 21 heavy (non-hydrogen) atoms. The molecule has 0 saturated heterocycles. The fraction of sp³-hybridized carbons (Fsp3) is 0.200. The molecule has 0 aliphatic carbocycles. The Kier molecular flexibility index (Phi) is 3.37. The Bertz CT molecular complexity index is 783. The van der Waals surface area contributed by atoms with Crippen molar-refractivity contribution in [2.45, 2.75) is 12.5 Å². The Morgan fingerprint density at radius 3 is 3.00 bits per heavy atom. The Morgan fingerprint density at radius 1 is 1.24 bits per heavy atom. The standard InChI is InChI=1S/C15H12BrN3OS/c16-13-6-5-12(21-13)14-18-15(20-19-14)11-8-17-7-9-3-1-2-4-10(9)11/h1-6,11,17H,7-8H2. The van der Waals surface area contributed by atoms with Gasteiger partial charge in [0.25, 0.3) is 0 Å². The lowest BCUT2D eigenvalue weighted by Crippen LogP contribution is -2.28. The third kappa shape index (κ3) is 2.43. The highest BCUT2D eigenvalue weighted by molar-refractivity contribution is 9.11. The van der Waals surface area contributed by atoms with E-state index in [4.69, 9.17) is 4.52 Å². The molecule has 0 spiro atoms. The fourth-order valence-corrected chi connectivity index (χ4v) is 3.94. The molecule has 0 fully saturated rings. The molecule has 0 amide bonds. The van der Waals surface area contributed by atoms with Crippen molar-refractivity contribution >= 4 is 27.3 Å². The molecule has 1 aromatic carbocycles. The van der Waals surface area contributed by atoms with Gasteiger partial charge >= 0.3 is 0 Å². The number of halogens is 1. The number of aromatic nitrogens is 2. The second kappa shape index (κ2) is 5.36. The first-order chi connectivity index (χ1) is 10.3. The van der Waals surface area contributed by atoms with E-state index in [1.165, 1.54) is 11.1 Å². The molecule has 4 nitrogen and oxygen atoms in total. The number of benzene rings is 1. The molecule has 1 aliphatic heterocycles. The summed E-state index contributed by atoms with van der Waals surface area (Å²) in [5, 5.41) is 7.53. The Labute approximate surface area is 134 Å². The molecule has 106 valence electrons. The molecule has 1 atom stereocenters. The molecule has 1 N–H and O–H groups in total. The van der Waals surface area contributed by atoms with E-state index in [-0.39, 0.29) is 5.92 Å². The van der Waals surface area contributed by atoms with Crippen LogP contribution >= 0.6 is 27.3 Å². The number of rotatable bonds is 2. The number of hydrogen-bond donors (Lipinski definition) is 1. The van der Waals surface area contributed by atoms with Crippen molar-refractivity contribution in [3.05, 3.63) is 57.2 Å². The SMILES string of the molecule is Brc1ccc(-c2noc(C3CNCc4ccccc43)n2)s1. The molecule has 1 aliphatic rings. The van der Waals surface area contributed by atoms with Crippen LogP contribution in [0.4, 0.5) is 0 Å². The van der Waals surface area contributed by atoms with Crippen LogP contribution in [0.1, 0.15) is 22.9 Å². The normalized spacial score (nSPS) is 17.7. The van der Waals surface area contributed by atoms with E-state index in [1.807, 2.05) is 12.1 Å². The summed E-state index contributed by atoms with van der Waals surface area (Å²) in [6, 6.07) is 12.4. The van der Waals surface area contributed by atoms with Gasteiger partial charge in [-0.05, 0) is 39.2 Å². The Hall–Kier alpha value is -1.50. The third-order valence-electron chi connectivity index (χ3n) is 3.63. The average Bonchev–Trinajstić information content (AvgIpc) is 3.15. The van der Waals surface area contributed by atoms with Gasteiger partial charge in [0.15, 0.2) is 0 Å². The van der Waals surface area contributed by atoms with Crippen molar-refractivity contribution in [1.29, 1.82) is 0 Å². The van der Waals surface area contributed by atoms with E-state index >= 15 is 0 Å². The first-order valence-corrected chi connectivity index (χ1v) is 8.30. The molecular formula is C15H12BrN3OS. The monoisotopic (exact) mass is 361 g/mol. The second-order valence-corrected chi connectivity index (χ2v) is 7.41. The quantitative estimate of drug-likeness (QED) is 0.754.